The minimum atomic E-state index is -1.08. The van der Waals surface area contributed by atoms with E-state index in [1.807, 2.05) is 6.07 Å². The van der Waals surface area contributed by atoms with Crippen molar-refractivity contribution in [3.8, 4) is 0 Å². The predicted octanol–water partition coefficient (Wildman–Crippen LogP) is 0.915. The van der Waals surface area contributed by atoms with Crippen LogP contribution < -0.4 is 10.6 Å². The Bertz CT molecular complexity index is 394. The van der Waals surface area contributed by atoms with Gasteiger partial charge in [0, 0.05) is 6.20 Å². The van der Waals surface area contributed by atoms with Crippen molar-refractivity contribution >= 4 is 12.0 Å². The summed E-state index contributed by atoms with van der Waals surface area (Å²) in [6, 6.07) is 3.65. The van der Waals surface area contributed by atoms with Crippen molar-refractivity contribution in [1.29, 1.82) is 0 Å². The van der Waals surface area contributed by atoms with E-state index < -0.39 is 18.0 Å². The molecule has 0 aliphatic carbocycles. The third kappa shape index (κ3) is 4.10. The van der Waals surface area contributed by atoms with Crippen molar-refractivity contribution in [2.24, 2.45) is 0 Å². The molecule has 0 aliphatic heterocycles. The fraction of sp³-hybridized carbons (Fsp3) is 0.364. The number of carboxylic acid groups (broad SMARTS) is 1. The number of carboxylic acids is 1. The summed E-state index contributed by atoms with van der Waals surface area (Å²) < 4.78 is 0. The second-order valence-electron chi connectivity index (χ2n) is 3.65. The average Bonchev–Trinajstić information content (AvgIpc) is 2.29. The summed E-state index contributed by atoms with van der Waals surface area (Å²) in [6.45, 7) is 3.17. The smallest absolute Gasteiger partial charge is 0.325 e. The summed E-state index contributed by atoms with van der Waals surface area (Å²) in [5, 5.41) is 13.5. The van der Waals surface area contributed by atoms with Crippen LogP contribution in [0, 0.1) is 0 Å². The normalized spacial score (nSPS) is 13.5. The highest BCUT2D eigenvalue weighted by atomic mass is 16.4. The number of aromatic nitrogens is 1. The van der Waals surface area contributed by atoms with Crippen molar-refractivity contribution < 1.29 is 14.7 Å². The zero-order valence-electron chi connectivity index (χ0n) is 9.68. The lowest BCUT2D eigenvalue weighted by Gasteiger charge is -2.15. The van der Waals surface area contributed by atoms with Gasteiger partial charge in [-0.25, -0.2) is 4.79 Å². The summed E-state index contributed by atoms with van der Waals surface area (Å²) in [4.78, 5) is 26.1. The monoisotopic (exact) mass is 237 g/mol. The topological polar surface area (TPSA) is 91.3 Å². The van der Waals surface area contributed by atoms with Crippen LogP contribution in [0.5, 0.6) is 0 Å². The molecule has 0 fully saturated rings. The minimum absolute atomic E-state index is 0.280. The second kappa shape index (κ2) is 5.83. The van der Waals surface area contributed by atoms with Crippen LogP contribution in [0.25, 0.3) is 0 Å². The van der Waals surface area contributed by atoms with Crippen LogP contribution in [-0.2, 0) is 4.79 Å². The van der Waals surface area contributed by atoms with Crippen molar-refractivity contribution in [2.75, 3.05) is 0 Å². The number of hydrogen-bond donors (Lipinski definition) is 3. The SMILES string of the molecule is CC(NC(=O)NC(C)c1ccccn1)C(=O)O. The Hall–Kier alpha value is -2.11. The van der Waals surface area contributed by atoms with Crippen molar-refractivity contribution in [2.45, 2.75) is 25.9 Å². The van der Waals surface area contributed by atoms with Gasteiger partial charge in [0.1, 0.15) is 6.04 Å². The molecule has 0 bridgehead atoms. The molecule has 0 saturated heterocycles. The third-order valence-electron chi connectivity index (χ3n) is 2.20. The van der Waals surface area contributed by atoms with Gasteiger partial charge in [0.25, 0.3) is 0 Å². The van der Waals surface area contributed by atoms with Gasteiger partial charge < -0.3 is 15.7 Å². The van der Waals surface area contributed by atoms with Crippen LogP contribution >= 0.6 is 0 Å². The Morgan fingerprint density at radius 3 is 2.53 bits per heavy atom. The van der Waals surface area contributed by atoms with E-state index in [-0.39, 0.29) is 6.04 Å². The van der Waals surface area contributed by atoms with Gasteiger partial charge >= 0.3 is 12.0 Å². The van der Waals surface area contributed by atoms with Crippen LogP contribution in [0.3, 0.4) is 0 Å². The second-order valence-corrected chi connectivity index (χ2v) is 3.65. The summed E-state index contributed by atoms with van der Waals surface area (Å²) in [7, 11) is 0. The molecule has 1 aromatic heterocycles. The van der Waals surface area contributed by atoms with Crippen LogP contribution in [0.1, 0.15) is 25.6 Å². The molecular formula is C11H15N3O3. The Balaban J connectivity index is 2.49. The molecule has 1 heterocycles. The lowest BCUT2D eigenvalue weighted by atomic mass is 10.2. The molecule has 2 unspecified atom stereocenters. The molecule has 17 heavy (non-hydrogen) atoms. The third-order valence-corrected chi connectivity index (χ3v) is 2.20. The van der Waals surface area contributed by atoms with Crippen molar-refractivity contribution in [3.05, 3.63) is 30.1 Å². The number of amides is 2. The summed E-state index contributed by atoms with van der Waals surface area (Å²) >= 11 is 0. The molecule has 0 aliphatic rings. The zero-order valence-corrected chi connectivity index (χ0v) is 9.68. The summed E-state index contributed by atoms with van der Waals surface area (Å²) in [5.74, 6) is -1.08. The lowest BCUT2D eigenvalue weighted by Crippen LogP contribution is -2.45. The lowest BCUT2D eigenvalue weighted by molar-refractivity contribution is -0.138. The molecule has 1 rings (SSSR count). The average molecular weight is 237 g/mol. The molecule has 0 radical (unpaired) electrons. The van der Waals surface area contributed by atoms with Crippen molar-refractivity contribution in [3.63, 3.8) is 0 Å². The van der Waals surface area contributed by atoms with Gasteiger partial charge in [-0.3, -0.25) is 9.78 Å². The van der Waals surface area contributed by atoms with Crippen LogP contribution in [-0.4, -0.2) is 28.1 Å². The first-order chi connectivity index (χ1) is 8.00. The van der Waals surface area contributed by atoms with E-state index in [9.17, 15) is 9.59 Å². The maximum atomic E-state index is 11.4. The van der Waals surface area contributed by atoms with E-state index in [4.69, 9.17) is 5.11 Å². The van der Waals surface area contributed by atoms with Gasteiger partial charge in [-0.15, -0.1) is 0 Å². The highest BCUT2D eigenvalue weighted by Crippen LogP contribution is 2.07. The van der Waals surface area contributed by atoms with E-state index in [0.717, 1.165) is 0 Å². The molecule has 92 valence electrons. The van der Waals surface area contributed by atoms with Crippen LogP contribution in [0.2, 0.25) is 0 Å². The molecule has 0 spiro atoms. The van der Waals surface area contributed by atoms with Gasteiger partial charge in [0.2, 0.25) is 0 Å². The van der Waals surface area contributed by atoms with Gasteiger partial charge in [-0.1, -0.05) is 6.07 Å². The molecule has 6 heteroatoms. The first kappa shape index (κ1) is 13.0. The quantitative estimate of drug-likeness (QED) is 0.726. The number of pyridine rings is 1. The Morgan fingerprint density at radius 2 is 2.00 bits per heavy atom. The van der Waals surface area contributed by atoms with E-state index in [2.05, 4.69) is 15.6 Å². The first-order valence-corrected chi connectivity index (χ1v) is 5.21. The molecule has 1 aromatic rings. The van der Waals surface area contributed by atoms with Crippen molar-refractivity contribution in [1.82, 2.24) is 15.6 Å². The molecule has 6 nitrogen and oxygen atoms in total. The van der Waals surface area contributed by atoms with E-state index in [0.29, 0.717) is 5.69 Å². The number of nitrogens with zero attached hydrogens (tertiary/aromatic N) is 1. The van der Waals surface area contributed by atoms with E-state index in [1.54, 1.807) is 25.3 Å². The first-order valence-electron chi connectivity index (χ1n) is 5.21. The Labute approximate surface area is 99.1 Å². The minimum Gasteiger partial charge on any atom is -0.480 e. The predicted molar refractivity (Wildman–Crippen MR) is 61.4 cm³/mol. The molecule has 2 amide bonds. The molecule has 3 N–H and O–H groups in total. The number of rotatable bonds is 4. The maximum Gasteiger partial charge on any atom is 0.325 e. The Morgan fingerprint density at radius 1 is 1.29 bits per heavy atom. The van der Waals surface area contributed by atoms with Gasteiger partial charge in [-0.2, -0.15) is 0 Å². The number of hydrogen-bond acceptors (Lipinski definition) is 3. The number of nitrogens with one attached hydrogen (secondary N) is 2. The zero-order chi connectivity index (χ0) is 12.8. The van der Waals surface area contributed by atoms with Crippen LogP contribution in [0.4, 0.5) is 4.79 Å². The number of aliphatic carboxylic acids is 1. The highest BCUT2D eigenvalue weighted by molar-refractivity contribution is 5.82. The van der Waals surface area contributed by atoms with E-state index >= 15 is 0 Å². The fourth-order valence-corrected chi connectivity index (χ4v) is 1.20. The number of carbonyl (C=O) groups is 2. The highest BCUT2D eigenvalue weighted by Gasteiger charge is 2.16. The summed E-state index contributed by atoms with van der Waals surface area (Å²) in [5.41, 5.74) is 0.714. The molecule has 0 saturated carbocycles. The molecular weight excluding hydrogens is 222 g/mol. The molecule has 2 atom stereocenters. The largest absolute Gasteiger partial charge is 0.480 e. The molecule has 0 aromatic carbocycles. The maximum absolute atomic E-state index is 11.4. The van der Waals surface area contributed by atoms with Gasteiger partial charge in [0.15, 0.2) is 0 Å². The number of urea groups is 1. The van der Waals surface area contributed by atoms with E-state index in [1.165, 1.54) is 6.92 Å². The summed E-state index contributed by atoms with van der Waals surface area (Å²) in [6.07, 6.45) is 1.63. The van der Waals surface area contributed by atoms with Gasteiger partial charge in [-0.05, 0) is 26.0 Å². The fourth-order valence-electron chi connectivity index (χ4n) is 1.20. The van der Waals surface area contributed by atoms with Crippen LogP contribution in [0.15, 0.2) is 24.4 Å². The standard InChI is InChI=1S/C11H15N3O3/c1-7(9-5-3-4-6-12-9)13-11(17)14-8(2)10(15)16/h3-8H,1-2H3,(H,15,16)(H2,13,14,17). The van der Waals surface area contributed by atoms with Gasteiger partial charge in [0.05, 0.1) is 11.7 Å². The Kier molecular flexibility index (Phi) is 4.45. The number of carbonyl (C=O) groups excluding carboxylic acids is 1.